The number of ether oxygens (including phenoxy) is 1. The summed E-state index contributed by atoms with van der Waals surface area (Å²) < 4.78 is 5.06. The number of benzene rings is 1. The van der Waals surface area contributed by atoms with Crippen LogP contribution in [0.3, 0.4) is 0 Å². The Morgan fingerprint density at radius 2 is 2.12 bits per heavy atom. The molecule has 0 spiro atoms. The van der Waals surface area contributed by atoms with Gasteiger partial charge in [-0.3, -0.25) is 0 Å². The summed E-state index contributed by atoms with van der Waals surface area (Å²) in [4.78, 5) is 0. The Balaban J connectivity index is 2.18. The molecule has 0 aliphatic rings. The molecule has 0 aromatic heterocycles. The Hall–Kier alpha value is -0.990. The smallest absolute Gasteiger partial charge is 0.0885 e. The van der Waals surface area contributed by atoms with Crippen LogP contribution in [0.15, 0.2) is 37.1 Å². The molecular formula is C14H20ClNO. The van der Waals surface area contributed by atoms with Crippen LogP contribution in [0.25, 0.3) is 0 Å². The maximum Gasteiger partial charge on any atom is 0.0885 e. The zero-order chi connectivity index (χ0) is 12.5. The molecule has 0 bridgehead atoms. The normalized spacial score (nSPS) is 12.1. The van der Waals surface area contributed by atoms with Crippen molar-refractivity contribution in [1.82, 2.24) is 5.32 Å². The van der Waals surface area contributed by atoms with E-state index in [0.29, 0.717) is 6.04 Å². The van der Waals surface area contributed by atoms with Crippen molar-refractivity contribution in [3.8, 4) is 0 Å². The van der Waals surface area contributed by atoms with Crippen molar-refractivity contribution in [3.05, 3.63) is 47.7 Å². The van der Waals surface area contributed by atoms with E-state index in [9.17, 15) is 0 Å². The average molecular weight is 254 g/mol. The van der Waals surface area contributed by atoms with Gasteiger partial charge in [0, 0.05) is 11.1 Å². The minimum absolute atomic E-state index is 0.458. The minimum atomic E-state index is 0.458. The van der Waals surface area contributed by atoms with E-state index in [4.69, 9.17) is 16.3 Å². The van der Waals surface area contributed by atoms with Crippen LogP contribution in [0.5, 0.6) is 0 Å². The molecule has 0 saturated carbocycles. The first-order valence-corrected chi connectivity index (χ1v) is 6.30. The quantitative estimate of drug-likeness (QED) is 0.566. The van der Waals surface area contributed by atoms with E-state index in [-0.39, 0.29) is 0 Å². The van der Waals surface area contributed by atoms with Crippen LogP contribution in [-0.4, -0.2) is 19.2 Å². The predicted molar refractivity (Wildman–Crippen MR) is 73.4 cm³/mol. The largest absolute Gasteiger partial charge is 0.502 e. The highest BCUT2D eigenvalue weighted by Gasteiger charge is 2.02. The van der Waals surface area contributed by atoms with Crippen LogP contribution in [0.1, 0.15) is 18.9 Å². The molecule has 0 radical (unpaired) electrons. The topological polar surface area (TPSA) is 21.3 Å². The van der Waals surface area contributed by atoms with Crippen LogP contribution >= 0.6 is 11.6 Å². The second-order valence-corrected chi connectivity index (χ2v) is 4.51. The van der Waals surface area contributed by atoms with Crippen molar-refractivity contribution in [2.24, 2.45) is 0 Å². The number of halogens is 1. The molecule has 0 amide bonds. The first-order valence-electron chi connectivity index (χ1n) is 5.92. The van der Waals surface area contributed by atoms with Gasteiger partial charge in [-0.1, -0.05) is 30.3 Å². The summed E-state index contributed by atoms with van der Waals surface area (Å²) in [6, 6.07) is 8.46. The third-order valence-electron chi connectivity index (χ3n) is 2.50. The summed E-state index contributed by atoms with van der Waals surface area (Å²) in [5.74, 6) is 0. The van der Waals surface area contributed by atoms with Gasteiger partial charge in [0.1, 0.15) is 0 Å². The molecule has 2 nitrogen and oxygen atoms in total. The summed E-state index contributed by atoms with van der Waals surface area (Å²) in [5.41, 5.74) is 1.30. The van der Waals surface area contributed by atoms with Gasteiger partial charge in [-0.05, 0) is 44.0 Å². The van der Waals surface area contributed by atoms with Crippen molar-refractivity contribution >= 4 is 11.6 Å². The third kappa shape index (κ3) is 6.35. The second kappa shape index (κ2) is 8.15. The summed E-state index contributed by atoms with van der Waals surface area (Å²) in [6.07, 6.45) is 3.49. The Bertz CT molecular complexity index is 323. The van der Waals surface area contributed by atoms with Crippen molar-refractivity contribution < 1.29 is 4.74 Å². The van der Waals surface area contributed by atoms with Crippen molar-refractivity contribution in [2.75, 3.05) is 13.2 Å². The summed E-state index contributed by atoms with van der Waals surface area (Å²) in [5, 5.41) is 4.25. The van der Waals surface area contributed by atoms with E-state index in [2.05, 4.69) is 31.0 Å². The molecule has 0 heterocycles. The van der Waals surface area contributed by atoms with Gasteiger partial charge in [-0.25, -0.2) is 0 Å². The van der Waals surface area contributed by atoms with Crippen LogP contribution in [0.4, 0.5) is 0 Å². The lowest BCUT2D eigenvalue weighted by Crippen LogP contribution is -2.29. The lowest BCUT2D eigenvalue weighted by atomic mass is 10.1. The molecular weight excluding hydrogens is 234 g/mol. The van der Waals surface area contributed by atoms with Crippen molar-refractivity contribution in [3.63, 3.8) is 0 Å². The first-order chi connectivity index (χ1) is 8.22. The van der Waals surface area contributed by atoms with E-state index in [0.717, 1.165) is 31.0 Å². The average Bonchev–Trinajstić information content (AvgIpc) is 2.32. The van der Waals surface area contributed by atoms with E-state index < -0.39 is 0 Å². The van der Waals surface area contributed by atoms with Gasteiger partial charge in [0.2, 0.25) is 0 Å². The molecule has 1 aromatic carbocycles. The monoisotopic (exact) mass is 253 g/mol. The zero-order valence-corrected chi connectivity index (χ0v) is 11.0. The minimum Gasteiger partial charge on any atom is -0.502 e. The van der Waals surface area contributed by atoms with Gasteiger partial charge in [0.05, 0.1) is 12.9 Å². The van der Waals surface area contributed by atoms with Gasteiger partial charge in [-0.15, -0.1) is 0 Å². The fraction of sp³-hybridized carbons (Fsp3) is 0.429. The highest BCUT2D eigenvalue weighted by molar-refractivity contribution is 6.30. The highest BCUT2D eigenvalue weighted by Crippen LogP contribution is 2.10. The summed E-state index contributed by atoms with van der Waals surface area (Å²) in [7, 11) is 0. The summed E-state index contributed by atoms with van der Waals surface area (Å²) in [6.45, 7) is 7.37. The maximum absolute atomic E-state index is 5.84. The molecule has 1 aromatic rings. The molecule has 1 rings (SSSR count). The Labute approximate surface area is 109 Å². The summed E-state index contributed by atoms with van der Waals surface area (Å²) >= 11 is 5.84. The van der Waals surface area contributed by atoms with Gasteiger partial charge in [0.15, 0.2) is 0 Å². The molecule has 1 N–H and O–H groups in total. The van der Waals surface area contributed by atoms with Gasteiger partial charge in [0.25, 0.3) is 0 Å². The molecule has 1 atom stereocenters. The Morgan fingerprint density at radius 3 is 2.76 bits per heavy atom. The molecule has 0 fully saturated rings. The SMILES string of the molecule is C=COCCCNC(C)Cc1ccc(Cl)cc1. The van der Waals surface area contributed by atoms with E-state index in [1.54, 1.807) is 0 Å². The lowest BCUT2D eigenvalue weighted by Gasteiger charge is -2.13. The predicted octanol–water partition coefficient (Wildman–Crippen LogP) is 3.41. The van der Waals surface area contributed by atoms with E-state index in [1.165, 1.54) is 11.8 Å². The van der Waals surface area contributed by atoms with Crippen LogP contribution in [-0.2, 0) is 11.2 Å². The number of nitrogens with one attached hydrogen (secondary N) is 1. The number of hydrogen-bond donors (Lipinski definition) is 1. The Morgan fingerprint density at radius 1 is 1.41 bits per heavy atom. The fourth-order valence-corrected chi connectivity index (χ4v) is 1.76. The van der Waals surface area contributed by atoms with Gasteiger partial charge < -0.3 is 10.1 Å². The molecule has 1 unspecified atom stereocenters. The Kier molecular flexibility index (Phi) is 6.75. The zero-order valence-electron chi connectivity index (χ0n) is 10.3. The standard InChI is InChI=1S/C14H20ClNO/c1-3-17-10-4-9-16-12(2)11-13-5-7-14(15)8-6-13/h3,5-8,12,16H,1,4,9-11H2,2H3. The van der Waals surface area contributed by atoms with E-state index in [1.807, 2.05) is 12.1 Å². The van der Waals surface area contributed by atoms with Crippen LogP contribution < -0.4 is 5.32 Å². The molecule has 0 aliphatic carbocycles. The number of rotatable bonds is 8. The third-order valence-corrected chi connectivity index (χ3v) is 2.76. The first kappa shape index (κ1) is 14.1. The molecule has 94 valence electrons. The molecule has 17 heavy (non-hydrogen) atoms. The molecule has 0 saturated heterocycles. The highest BCUT2D eigenvalue weighted by atomic mass is 35.5. The van der Waals surface area contributed by atoms with E-state index >= 15 is 0 Å². The van der Waals surface area contributed by atoms with Crippen LogP contribution in [0.2, 0.25) is 5.02 Å². The second-order valence-electron chi connectivity index (χ2n) is 4.08. The number of hydrogen-bond acceptors (Lipinski definition) is 2. The molecule has 3 heteroatoms. The van der Waals surface area contributed by atoms with Crippen molar-refractivity contribution in [2.45, 2.75) is 25.8 Å². The van der Waals surface area contributed by atoms with Gasteiger partial charge >= 0.3 is 0 Å². The maximum atomic E-state index is 5.84. The molecule has 0 aliphatic heterocycles. The van der Waals surface area contributed by atoms with Gasteiger partial charge in [-0.2, -0.15) is 0 Å². The fourth-order valence-electron chi connectivity index (χ4n) is 1.63. The van der Waals surface area contributed by atoms with Crippen LogP contribution in [0, 0.1) is 0 Å². The lowest BCUT2D eigenvalue weighted by molar-refractivity contribution is 0.243. The van der Waals surface area contributed by atoms with Crippen molar-refractivity contribution in [1.29, 1.82) is 0 Å².